The Morgan fingerprint density at radius 2 is 2.13 bits per heavy atom. The molecule has 0 amide bonds. The van der Waals surface area contributed by atoms with Crippen molar-refractivity contribution < 1.29 is 24.4 Å². The van der Waals surface area contributed by atoms with E-state index in [0.29, 0.717) is 0 Å². The number of rotatable bonds is 7. The van der Waals surface area contributed by atoms with Gasteiger partial charge in [-0.3, -0.25) is 10.1 Å². The number of nitrogens with one attached hydrogen (secondary N) is 1. The van der Waals surface area contributed by atoms with Gasteiger partial charge in [-0.25, -0.2) is 4.79 Å². The van der Waals surface area contributed by atoms with E-state index in [1.165, 1.54) is 6.92 Å². The predicted octanol–water partition coefficient (Wildman–Crippen LogP) is -0.0909. The number of aliphatic carboxylic acids is 1. The first-order valence-electron chi connectivity index (χ1n) is 4.16. The summed E-state index contributed by atoms with van der Waals surface area (Å²) in [7, 11) is -2.01. The third-order valence-electron chi connectivity index (χ3n) is 1.43. The summed E-state index contributed by atoms with van der Waals surface area (Å²) in [6.45, 7) is 1.33. The number of aliphatic hydroxyl groups excluding tert-OH is 1. The van der Waals surface area contributed by atoms with E-state index in [-0.39, 0.29) is 12.3 Å². The van der Waals surface area contributed by atoms with E-state index in [4.69, 9.17) is 10.2 Å². The predicted molar refractivity (Wildman–Crippen MR) is 53.9 cm³/mol. The number of ketones is 1. The molecule has 0 rings (SSSR count). The van der Waals surface area contributed by atoms with E-state index in [9.17, 15) is 14.2 Å². The second-order valence-electron chi connectivity index (χ2n) is 2.78. The maximum atomic E-state index is 11.2. The lowest BCUT2D eigenvalue weighted by Gasteiger charge is -2.02. The van der Waals surface area contributed by atoms with Gasteiger partial charge in [0, 0.05) is 6.08 Å². The van der Waals surface area contributed by atoms with E-state index < -0.39 is 25.9 Å². The summed E-state index contributed by atoms with van der Waals surface area (Å²) < 4.78 is 11.2. The van der Waals surface area contributed by atoms with E-state index in [2.05, 4.69) is 5.32 Å². The van der Waals surface area contributed by atoms with Crippen LogP contribution in [-0.4, -0.2) is 40.6 Å². The molecule has 0 aliphatic heterocycles. The van der Waals surface area contributed by atoms with Crippen LogP contribution >= 0.6 is 7.80 Å². The van der Waals surface area contributed by atoms with Crippen LogP contribution in [0.25, 0.3) is 0 Å². The van der Waals surface area contributed by atoms with E-state index in [1.54, 1.807) is 0 Å². The van der Waals surface area contributed by atoms with Gasteiger partial charge in [-0.2, -0.15) is 0 Å². The zero-order chi connectivity index (χ0) is 11.8. The second-order valence-corrected chi connectivity index (χ2v) is 4.46. The van der Waals surface area contributed by atoms with Crippen molar-refractivity contribution in [2.45, 2.75) is 12.7 Å². The molecule has 0 aromatic rings. The lowest BCUT2D eigenvalue weighted by Crippen LogP contribution is -2.29. The number of Topliss-reactive ketones (excluding diaryl/α,β-unsaturated/α-hetero) is 1. The molecule has 0 aliphatic carbocycles. The van der Waals surface area contributed by atoms with Gasteiger partial charge in [0.15, 0.2) is 0 Å². The monoisotopic (exact) mass is 234 g/mol. The number of hydrogen-bond donors (Lipinski definition) is 3. The zero-order valence-electron chi connectivity index (χ0n) is 8.21. The zero-order valence-corrected chi connectivity index (χ0v) is 9.11. The first kappa shape index (κ1) is 13.9. The Bertz CT molecular complexity index is 289. The average molecular weight is 234 g/mol. The number of carboxylic acid groups (broad SMARTS) is 1. The first-order chi connectivity index (χ1) is 6.97. The van der Waals surface area contributed by atoms with Crippen molar-refractivity contribution in [1.82, 2.24) is 5.32 Å². The second kappa shape index (κ2) is 7.23. The van der Waals surface area contributed by atoms with Crippen LogP contribution in [0, 0.1) is 0 Å². The Kier molecular flexibility index (Phi) is 6.70. The lowest BCUT2D eigenvalue weighted by molar-refractivity contribution is -0.131. The Morgan fingerprint density at radius 3 is 2.53 bits per heavy atom. The molecule has 2 atom stereocenters. The molecule has 0 aromatic carbocycles. The molecule has 0 saturated heterocycles. The minimum atomic E-state index is -2.01. The number of carbonyl (C=O) groups excluding carboxylic acids is 1. The summed E-state index contributed by atoms with van der Waals surface area (Å²) in [5, 5.41) is 19.6. The minimum Gasteiger partial charge on any atom is -0.478 e. The largest absolute Gasteiger partial charge is 0.478 e. The van der Waals surface area contributed by atoms with Crippen molar-refractivity contribution in [2.24, 2.45) is 0 Å². The van der Waals surface area contributed by atoms with Crippen LogP contribution in [0.3, 0.4) is 0 Å². The van der Waals surface area contributed by atoms with Crippen LogP contribution in [0.2, 0.25) is 0 Å². The van der Waals surface area contributed by atoms with E-state index in [0.717, 1.165) is 12.2 Å². The Morgan fingerprint density at radius 1 is 1.53 bits per heavy atom. The van der Waals surface area contributed by atoms with Gasteiger partial charge in [0.25, 0.3) is 0 Å². The van der Waals surface area contributed by atoms with Crippen LogP contribution in [-0.2, 0) is 14.2 Å². The fourth-order valence-corrected chi connectivity index (χ4v) is 1.52. The summed E-state index contributed by atoms with van der Waals surface area (Å²) in [6.07, 6.45) is 1.41. The molecule has 0 spiro atoms. The number of hydrogen-bond acceptors (Lipinski definition) is 5. The Labute approximate surface area is 87.8 Å². The summed E-state index contributed by atoms with van der Waals surface area (Å²) in [5.74, 6) is -2.14. The third-order valence-corrected chi connectivity index (χ3v) is 2.68. The van der Waals surface area contributed by atoms with Crippen molar-refractivity contribution >= 4 is 19.6 Å². The highest BCUT2D eigenvalue weighted by atomic mass is 31.1. The summed E-state index contributed by atoms with van der Waals surface area (Å²) in [5.41, 5.74) is 0. The molecule has 84 valence electrons. The Hall–Kier alpha value is -1.10. The SMILES string of the molecule is CC(=O)CNC(C=CC(=O)O)[P+](=O)CO. The molecule has 0 bridgehead atoms. The molecule has 0 heterocycles. The molecule has 15 heavy (non-hydrogen) atoms. The molecule has 0 radical (unpaired) electrons. The highest BCUT2D eigenvalue weighted by Gasteiger charge is 2.26. The van der Waals surface area contributed by atoms with Crippen LogP contribution in [0.5, 0.6) is 0 Å². The molecule has 0 aromatic heterocycles. The van der Waals surface area contributed by atoms with Crippen LogP contribution < -0.4 is 5.32 Å². The number of carbonyl (C=O) groups is 2. The molecular weight excluding hydrogens is 221 g/mol. The quantitative estimate of drug-likeness (QED) is 0.420. The molecule has 0 aliphatic rings. The number of carboxylic acids is 1. The first-order valence-corrected chi connectivity index (χ1v) is 5.67. The maximum Gasteiger partial charge on any atom is 0.389 e. The van der Waals surface area contributed by atoms with Crippen molar-refractivity contribution in [3.05, 3.63) is 12.2 Å². The van der Waals surface area contributed by atoms with Gasteiger partial charge in [-0.05, 0) is 13.0 Å². The molecule has 6 nitrogen and oxygen atoms in total. The van der Waals surface area contributed by atoms with Gasteiger partial charge >= 0.3 is 13.8 Å². The molecular formula is C8H13NO5P+. The van der Waals surface area contributed by atoms with Crippen molar-refractivity contribution in [3.8, 4) is 0 Å². The van der Waals surface area contributed by atoms with Gasteiger partial charge in [0.05, 0.1) is 6.54 Å². The average Bonchev–Trinajstić information content (AvgIpc) is 2.16. The molecule has 2 unspecified atom stereocenters. The van der Waals surface area contributed by atoms with Gasteiger partial charge in [0.2, 0.25) is 12.1 Å². The number of aliphatic hydroxyl groups is 1. The molecule has 0 fully saturated rings. The summed E-state index contributed by atoms with van der Waals surface area (Å²) in [4.78, 5) is 20.9. The van der Waals surface area contributed by atoms with Gasteiger partial charge in [0.1, 0.15) is 5.78 Å². The smallest absolute Gasteiger partial charge is 0.389 e. The normalized spacial score (nSPS) is 13.9. The van der Waals surface area contributed by atoms with Crippen LogP contribution in [0.4, 0.5) is 0 Å². The summed E-state index contributed by atoms with van der Waals surface area (Å²) in [6, 6.07) is 0. The van der Waals surface area contributed by atoms with Crippen molar-refractivity contribution in [3.63, 3.8) is 0 Å². The lowest BCUT2D eigenvalue weighted by atomic mass is 10.4. The molecule has 7 heteroatoms. The van der Waals surface area contributed by atoms with E-state index >= 15 is 0 Å². The topological polar surface area (TPSA) is 104 Å². The third kappa shape index (κ3) is 6.90. The van der Waals surface area contributed by atoms with Crippen LogP contribution in [0.15, 0.2) is 12.2 Å². The Balaban J connectivity index is 4.37. The highest BCUT2D eigenvalue weighted by Crippen LogP contribution is 2.25. The van der Waals surface area contributed by atoms with Crippen LogP contribution in [0.1, 0.15) is 6.92 Å². The van der Waals surface area contributed by atoms with E-state index in [1.807, 2.05) is 0 Å². The summed E-state index contributed by atoms with van der Waals surface area (Å²) >= 11 is 0. The van der Waals surface area contributed by atoms with Gasteiger partial charge in [-0.15, -0.1) is 0 Å². The van der Waals surface area contributed by atoms with Gasteiger partial charge < -0.3 is 10.2 Å². The maximum absolute atomic E-state index is 11.2. The van der Waals surface area contributed by atoms with Crippen molar-refractivity contribution in [2.75, 3.05) is 12.9 Å². The van der Waals surface area contributed by atoms with Gasteiger partial charge in [-0.1, -0.05) is 4.57 Å². The fourth-order valence-electron chi connectivity index (χ4n) is 0.776. The molecule has 0 saturated carbocycles. The minimum absolute atomic E-state index is 0.0182. The fraction of sp³-hybridized carbons (Fsp3) is 0.500. The van der Waals surface area contributed by atoms with Crippen molar-refractivity contribution in [1.29, 1.82) is 0 Å². The highest BCUT2D eigenvalue weighted by molar-refractivity contribution is 7.45. The standard InChI is InChI=1S/C8H12NO5P/c1-6(11)4-9-7(15(14)5-10)2-3-8(12)13/h2-3,7,9-10H,4-5H2,1H3/p+1. The molecule has 3 N–H and O–H groups in total.